The van der Waals surface area contributed by atoms with Gasteiger partial charge < -0.3 is 10.4 Å². The number of carboxylic acid groups (broad SMARTS) is 1. The summed E-state index contributed by atoms with van der Waals surface area (Å²) >= 11 is 5.78. The van der Waals surface area contributed by atoms with Crippen molar-refractivity contribution in [1.82, 2.24) is 15.3 Å². The number of rotatable bonds is 2. The quantitative estimate of drug-likeness (QED) is 0.764. The van der Waals surface area contributed by atoms with Crippen LogP contribution in [0, 0.1) is 0 Å². The topological polar surface area (TPSA) is 75.1 Å². The minimum absolute atomic E-state index is 0.0411. The van der Waals surface area contributed by atoms with Gasteiger partial charge in [0.05, 0.1) is 0 Å². The highest BCUT2D eigenvalue weighted by Crippen LogP contribution is 2.21. The molecule has 2 rings (SSSR count). The lowest BCUT2D eigenvalue weighted by Gasteiger charge is -2.21. The third-order valence-electron chi connectivity index (χ3n) is 2.59. The van der Waals surface area contributed by atoms with Gasteiger partial charge in [0.1, 0.15) is 11.0 Å². The van der Waals surface area contributed by atoms with Gasteiger partial charge in [-0.05, 0) is 19.4 Å². The van der Waals surface area contributed by atoms with E-state index in [1.54, 1.807) is 0 Å². The van der Waals surface area contributed by atoms with Crippen molar-refractivity contribution in [1.29, 1.82) is 0 Å². The number of hydrogen-bond donors (Lipinski definition) is 2. The summed E-state index contributed by atoms with van der Waals surface area (Å²) in [6.45, 7) is 1.77. The molecule has 1 aromatic heterocycles. The minimum Gasteiger partial charge on any atom is -0.477 e. The molecule has 2 N–H and O–H groups in total. The summed E-state index contributed by atoms with van der Waals surface area (Å²) in [5, 5.41) is 12.3. The normalized spacial score (nSPS) is 20.7. The molecule has 6 heteroatoms. The van der Waals surface area contributed by atoms with E-state index in [1.807, 2.05) is 0 Å². The molecule has 1 saturated heterocycles. The third kappa shape index (κ3) is 2.48. The molecule has 1 aromatic rings. The lowest BCUT2D eigenvalue weighted by Crippen LogP contribution is -2.29. The van der Waals surface area contributed by atoms with Crippen LogP contribution in [-0.2, 0) is 0 Å². The van der Waals surface area contributed by atoms with Crippen LogP contribution in [-0.4, -0.2) is 34.1 Å². The number of carboxylic acids is 1. The van der Waals surface area contributed by atoms with Crippen molar-refractivity contribution >= 4 is 17.6 Å². The largest absolute Gasteiger partial charge is 0.477 e. The van der Waals surface area contributed by atoms with Gasteiger partial charge in [-0.2, -0.15) is 0 Å². The molecular formula is C10H12ClN3O2. The van der Waals surface area contributed by atoms with Crippen LogP contribution in [0.15, 0.2) is 6.07 Å². The minimum atomic E-state index is -1.07. The van der Waals surface area contributed by atoms with E-state index in [4.69, 9.17) is 16.7 Å². The van der Waals surface area contributed by atoms with E-state index in [9.17, 15) is 4.79 Å². The molecule has 0 saturated carbocycles. The Morgan fingerprint density at radius 1 is 1.56 bits per heavy atom. The van der Waals surface area contributed by atoms with Gasteiger partial charge in [0.2, 0.25) is 0 Å². The van der Waals surface area contributed by atoms with Gasteiger partial charge in [-0.1, -0.05) is 11.6 Å². The Morgan fingerprint density at radius 2 is 2.38 bits per heavy atom. The maximum Gasteiger partial charge on any atom is 0.354 e. The Balaban J connectivity index is 2.28. The van der Waals surface area contributed by atoms with Crippen molar-refractivity contribution < 1.29 is 9.90 Å². The SMILES string of the molecule is O=C(O)c1cc(Cl)nc(C2CCCNC2)n1. The first-order valence-corrected chi connectivity index (χ1v) is 5.53. The first kappa shape index (κ1) is 11.3. The molecule has 16 heavy (non-hydrogen) atoms. The Hall–Kier alpha value is -1.20. The number of nitrogens with zero attached hydrogens (tertiary/aromatic N) is 2. The van der Waals surface area contributed by atoms with Crippen LogP contribution < -0.4 is 5.32 Å². The molecule has 1 aliphatic heterocycles. The number of halogens is 1. The number of piperidine rings is 1. The van der Waals surface area contributed by atoms with Crippen molar-refractivity contribution in [3.63, 3.8) is 0 Å². The summed E-state index contributed by atoms with van der Waals surface area (Å²) in [5.74, 6) is -0.392. The fourth-order valence-electron chi connectivity index (χ4n) is 1.80. The van der Waals surface area contributed by atoms with Crippen LogP contribution in [0.25, 0.3) is 0 Å². The average Bonchev–Trinajstić information content (AvgIpc) is 2.29. The maximum absolute atomic E-state index is 10.8. The summed E-state index contributed by atoms with van der Waals surface area (Å²) < 4.78 is 0. The molecule has 1 atom stereocenters. The Bertz CT molecular complexity index is 405. The summed E-state index contributed by atoms with van der Waals surface area (Å²) in [6.07, 6.45) is 2.01. The van der Waals surface area contributed by atoms with Crippen LogP contribution in [0.5, 0.6) is 0 Å². The number of aromatic carboxylic acids is 1. The molecule has 0 amide bonds. The van der Waals surface area contributed by atoms with Gasteiger partial charge >= 0.3 is 5.97 Å². The van der Waals surface area contributed by atoms with Crippen LogP contribution in [0.4, 0.5) is 0 Å². The fraction of sp³-hybridized carbons (Fsp3) is 0.500. The summed E-state index contributed by atoms with van der Waals surface area (Å²) in [4.78, 5) is 18.9. The molecule has 0 aromatic carbocycles. The zero-order chi connectivity index (χ0) is 11.5. The van der Waals surface area contributed by atoms with E-state index in [1.165, 1.54) is 6.07 Å². The molecule has 0 bridgehead atoms. The zero-order valence-electron chi connectivity index (χ0n) is 8.61. The molecule has 0 radical (unpaired) electrons. The van der Waals surface area contributed by atoms with Gasteiger partial charge in [0.25, 0.3) is 0 Å². The van der Waals surface area contributed by atoms with Crippen molar-refractivity contribution in [2.24, 2.45) is 0 Å². The smallest absolute Gasteiger partial charge is 0.354 e. The first-order valence-electron chi connectivity index (χ1n) is 5.15. The van der Waals surface area contributed by atoms with Gasteiger partial charge in [-0.15, -0.1) is 0 Å². The van der Waals surface area contributed by atoms with Crippen molar-refractivity contribution in [2.75, 3.05) is 13.1 Å². The van der Waals surface area contributed by atoms with Crippen LogP contribution >= 0.6 is 11.6 Å². The highest BCUT2D eigenvalue weighted by Gasteiger charge is 2.20. The standard InChI is InChI=1S/C10H12ClN3O2/c11-8-4-7(10(15)16)13-9(14-8)6-2-1-3-12-5-6/h4,6,12H,1-3,5H2,(H,15,16). The second kappa shape index (κ2) is 4.76. The molecule has 5 nitrogen and oxygen atoms in total. The van der Waals surface area contributed by atoms with E-state index in [0.717, 1.165) is 25.9 Å². The predicted molar refractivity (Wildman–Crippen MR) is 58.8 cm³/mol. The lowest BCUT2D eigenvalue weighted by atomic mass is 9.99. The maximum atomic E-state index is 10.8. The monoisotopic (exact) mass is 241 g/mol. The molecule has 86 valence electrons. The van der Waals surface area contributed by atoms with E-state index in [2.05, 4.69) is 15.3 Å². The summed E-state index contributed by atoms with van der Waals surface area (Å²) in [5.41, 5.74) is -0.0411. The second-order valence-electron chi connectivity index (χ2n) is 3.78. The Morgan fingerprint density at radius 3 is 3.00 bits per heavy atom. The summed E-state index contributed by atoms with van der Waals surface area (Å²) in [6, 6.07) is 1.27. The van der Waals surface area contributed by atoms with Gasteiger partial charge in [0, 0.05) is 18.5 Å². The number of hydrogen-bond acceptors (Lipinski definition) is 4. The second-order valence-corrected chi connectivity index (χ2v) is 4.17. The van der Waals surface area contributed by atoms with E-state index < -0.39 is 5.97 Å². The number of carbonyl (C=O) groups is 1. The lowest BCUT2D eigenvalue weighted by molar-refractivity contribution is 0.0689. The highest BCUT2D eigenvalue weighted by atomic mass is 35.5. The average molecular weight is 242 g/mol. The molecule has 1 unspecified atom stereocenters. The first-order chi connectivity index (χ1) is 7.66. The van der Waals surface area contributed by atoms with E-state index in [0.29, 0.717) is 5.82 Å². The fourth-order valence-corrected chi connectivity index (χ4v) is 1.99. The van der Waals surface area contributed by atoms with Crippen LogP contribution in [0.1, 0.15) is 35.1 Å². The highest BCUT2D eigenvalue weighted by molar-refractivity contribution is 6.29. The summed E-state index contributed by atoms with van der Waals surface area (Å²) in [7, 11) is 0. The van der Waals surface area contributed by atoms with Gasteiger partial charge in [0.15, 0.2) is 5.69 Å². The molecule has 0 spiro atoms. The predicted octanol–water partition coefficient (Wildman–Crippen LogP) is 1.30. The van der Waals surface area contributed by atoms with Gasteiger partial charge in [-0.25, -0.2) is 14.8 Å². The van der Waals surface area contributed by atoms with E-state index in [-0.39, 0.29) is 16.8 Å². The molecule has 1 aliphatic rings. The van der Waals surface area contributed by atoms with Crippen molar-refractivity contribution in [3.8, 4) is 0 Å². The van der Waals surface area contributed by atoms with Crippen molar-refractivity contribution in [3.05, 3.63) is 22.7 Å². The van der Waals surface area contributed by atoms with Gasteiger partial charge in [-0.3, -0.25) is 0 Å². The number of aromatic nitrogens is 2. The number of nitrogens with one attached hydrogen (secondary N) is 1. The molecule has 2 heterocycles. The van der Waals surface area contributed by atoms with Crippen LogP contribution in [0.3, 0.4) is 0 Å². The third-order valence-corrected chi connectivity index (χ3v) is 2.79. The Labute approximate surface area is 97.9 Å². The van der Waals surface area contributed by atoms with Crippen molar-refractivity contribution in [2.45, 2.75) is 18.8 Å². The molecular weight excluding hydrogens is 230 g/mol. The van der Waals surface area contributed by atoms with E-state index >= 15 is 0 Å². The Kier molecular flexibility index (Phi) is 3.36. The van der Waals surface area contributed by atoms with Crippen LogP contribution in [0.2, 0.25) is 5.15 Å². The molecule has 0 aliphatic carbocycles. The molecule has 1 fully saturated rings. The zero-order valence-corrected chi connectivity index (χ0v) is 9.37.